The van der Waals surface area contributed by atoms with Crippen LogP contribution in [0.1, 0.15) is 5.76 Å². The van der Waals surface area contributed by atoms with Gasteiger partial charge in [-0.3, -0.25) is 4.79 Å². The van der Waals surface area contributed by atoms with Crippen molar-refractivity contribution in [3.8, 4) is 0 Å². The Labute approximate surface area is 108 Å². The zero-order chi connectivity index (χ0) is 12.1. The van der Waals surface area contributed by atoms with Gasteiger partial charge in [0.15, 0.2) is 0 Å². The highest BCUT2D eigenvalue weighted by molar-refractivity contribution is 8.26. The molecule has 1 saturated heterocycles. The molecule has 0 bridgehead atoms. The highest BCUT2D eigenvalue weighted by atomic mass is 32.2. The third-order valence-electron chi connectivity index (χ3n) is 1.92. The first kappa shape index (κ1) is 11.9. The van der Waals surface area contributed by atoms with Gasteiger partial charge >= 0.3 is 0 Å². The Bertz CT molecular complexity index is 513. The van der Waals surface area contributed by atoms with Crippen LogP contribution >= 0.6 is 24.0 Å². The van der Waals surface area contributed by atoms with E-state index in [-0.39, 0.29) is 5.91 Å². The summed E-state index contributed by atoms with van der Waals surface area (Å²) in [5, 5.41) is 2.55. The van der Waals surface area contributed by atoms with Crippen molar-refractivity contribution in [3.05, 3.63) is 53.4 Å². The lowest BCUT2D eigenvalue weighted by molar-refractivity contribution is -0.115. The van der Waals surface area contributed by atoms with Gasteiger partial charge in [-0.15, -0.1) is 0 Å². The molecule has 0 radical (unpaired) electrons. The van der Waals surface area contributed by atoms with Crippen LogP contribution in [0, 0.1) is 0 Å². The Morgan fingerprint density at radius 1 is 1.35 bits per heavy atom. The van der Waals surface area contributed by atoms with E-state index in [2.05, 4.69) is 5.32 Å². The van der Waals surface area contributed by atoms with E-state index in [1.807, 2.05) is 30.4 Å². The van der Waals surface area contributed by atoms with Gasteiger partial charge in [0, 0.05) is 0 Å². The Morgan fingerprint density at radius 3 is 2.88 bits per heavy atom. The van der Waals surface area contributed by atoms with Crippen LogP contribution in [0.25, 0.3) is 6.08 Å². The third kappa shape index (κ3) is 3.44. The standard InChI is InChI=1S/C12H9NO2S2/c14-11-10(17-12(16)13-11)7-3-1-2-5-9-6-4-8-15-9/h1-8H,(H,13,14,16)/b3-1+,5-2+,10-7+. The molecule has 0 aliphatic carbocycles. The fraction of sp³-hybridized carbons (Fsp3) is 0. The van der Waals surface area contributed by atoms with Gasteiger partial charge in [0.2, 0.25) is 0 Å². The lowest BCUT2D eigenvalue weighted by atomic mass is 10.3. The third-order valence-corrected chi connectivity index (χ3v) is 3.10. The van der Waals surface area contributed by atoms with Crippen molar-refractivity contribution in [1.82, 2.24) is 5.32 Å². The van der Waals surface area contributed by atoms with E-state index in [1.165, 1.54) is 11.8 Å². The number of amides is 1. The van der Waals surface area contributed by atoms with Crippen molar-refractivity contribution in [2.75, 3.05) is 0 Å². The summed E-state index contributed by atoms with van der Waals surface area (Å²) in [6.45, 7) is 0. The summed E-state index contributed by atoms with van der Waals surface area (Å²) in [5.74, 6) is 0.649. The number of hydrogen-bond donors (Lipinski definition) is 1. The summed E-state index contributed by atoms with van der Waals surface area (Å²) < 4.78 is 5.62. The summed E-state index contributed by atoms with van der Waals surface area (Å²) in [6.07, 6.45) is 10.6. The Hall–Kier alpha value is -1.59. The minimum atomic E-state index is -0.139. The van der Waals surface area contributed by atoms with Gasteiger partial charge in [0.1, 0.15) is 10.1 Å². The zero-order valence-electron chi connectivity index (χ0n) is 8.75. The van der Waals surface area contributed by atoms with Gasteiger partial charge < -0.3 is 9.73 Å². The molecule has 0 spiro atoms. The quantitative estimate of drug-likeness (QED) is 0.517. The van der Waals surface area contributed by atoms with Gasteiger partial charge in [-0.2, -0.15) is 0 Å². The number of thioether (sulfide) groups is 1. The molecule has 0 atom stereocenters. The van der Waals surface area contributed by atoms with Crippen molar-refractivity contribution < 1.29 is 9.21 Å². The van der Waals surface area contributed by atoms with Crippen LogP contribution in [0.2, 0.25) is 0 Å². The highest BCUT2D eigenvalue weighted by Crippen LogP contribution is 2.22. The lowest BCUT2D eigenvalue weighted by Crippen LogP contribution is -2.17. The first-order chi connectivity index (χ1) is 8.25. The van der Waals surface area contributed by atoms with Gasteiger partial charge in [0.05, 0.1) is 11.2 Å². The predicted octanol–water partition coefficient (Wildman–Crippen LogP) is 2.88. The number of furan rings is 1. The van der Waals surface area contributed by atoms with E-state index in [9.17, 15) is 4.79 Å². The summed E-state index contributed by atoms with van der Waals surface area (Å²) in [5.41, 5.74) is 0. The maximum absolute atomic E-state index is 11.3. The molecular formula is C12H9NO2S2. The second kappa shape index (κ2) is 5.65. The second-order valence-corrected chi connectivity index (χ2v) is 4.85. The molecule has 86 valence electrons. The van der Waals surface area contributed by atoms with Crippen LogP contribution in [-0.2, 0) is 4.79 Å². The van der Waals surface area contributed by atoms with Crippen molar-refractivity contribution >= 4 is 40.3 Å². The van der Waals surface area contributed by atoms with Crippen LogP contribution in [0.15, 0.2) is 52.0 Å². The van der Waals surface area contributed by atoms with Crippen molar-refractivity contribution in [1.29, 1.82) is 0 Å². The first-order valence-corrected chi connectivity index (χ1v) is 6.10. The van der Waals surface area contributed by atoms with Gasteiger partial charge in [-0.05, 0) is 24.3 Å². The smallest absolute Gasteiger partial charge is 0.263 e. The molecule has 1 amide bonds. The Balaban J connectivity index is 1.92. The molecule has 1 fully saturated rings. The number of carbonyl (C=O) groups excluding carboxylic acids is 1. The van der Waals surface area contributed by atoms with Crippen LogP contribution in [0.4, 0.5) is 0 Å². The summed E-state index contributed by atoms with van der Waals surface area (Å²) in [6, 6.07) is 3.69. The minimum absolute atomic E-state index is 0.139. The molecular weight excluding hydrogens is 254 g/mol. The average Bonchev–Trinajstić information content (AvgIpc) is 2.89. The maximum Gasteiger partial charge on any atom is 0.263 e. The number of carbonyl (C=O) groups is 1. The number of nitrogens with one attached hydrogen (secondary N) is 1. The molecule has 1 aromatic heterocycles. The molecule has 5 heteroatoms. The van der Waals surface area contributed by atoms with Gasteiger partial charge in [0.25, 0.3) is 5.91 Å². The van der Waals surface area contributed by atoms with E-state index < -0.39 is 0 Å². The fourth-order valence-electron chi connectivity index (χ4n) is 1.18. The SMILES string of the molecule is O=C1NC(=S)S/C1=C/C=C/C=C/c1ccco1. The van der Waals surface area contributed by atoms with Crippen molar-refractivity contribution in [2.24, 2.45) is 0 Å². The van der Waals surface area contributed by atoms with Crippen molar-refractivity contribution in [3.63, 3.8) is 0 Å². The van der Waals surface area contributed by atoms with Crippen LogP contribution in [0.3, 0.4) is 0 Å². The van der Waals surface area contributed by atoms with Crippen LogP contribution < -0.4 is 5.32 Å². The summed E-state index contributed by atoms with van der Waals surface area (Å²) in [7, 11) is 0. The highest BCUT2D eigenvalue weighted by Gasteiger charge is 2.20. The maximum atomic E-state index is 11.3. The Morgan fingerprint density at radius 2 is 2.24 bits per heavy atom. The molecule has 2 rings (SSSR count). The Kier molecular flexibility index (Phi) is 3.95. The molecule has 0 saturated carbocycles. The first-order valence-electron chi connectivity index (χ1n) is 4.87. The number of allylic oxidation sites excluding steroid dienone is 4. The summed E-state index contributed by atoms with van der Waals surface area (Å²) in [4.78, 5) is 11.9. The molecule has 3 nitrogen and oxygen atoms in total. The molecule has 1 N–H and O–H groups in total. The van der Waals surface area contributed by atoms with E-state index in [1.54, 1.807) is 18.4 Å². The molecule has 2 heterocycles. The number of hydrogen-bond acceptors (Lipinski definition) is 4. The van der Waals surface area contributed by atoms with Gasteiger partial charge in [-0.1, -0.05) is 42.2 Å². The minimum Gasteiger partial charge on any atom is -0.465 e. The summed E-state index contributed by atoms with van der Waals surface area (Å²) >= 11 is 6.14. The zero-order valence-corrected chi connectivity index (χ0v) is 10.4. The van der Waals surface area contributed by atoms with E-state index in [4.69, 9.17) is 16.6 Å². The molecule has 0 unspecified atom stereocenters. The molecule has 17 heavy (non-hydrogen) atoms. The number of rotatable bonds is 3. The second-order valence-electron chi connectivity index (χ2n) is 3.13. The van der Waals surface area contributed by atoms with Crippen LogP contribution in [-0.4, -0.2) is 10.2 Å². The number of thiocarbonyl (C=S) groups is 1. The van der Waals surface area contributed by atoms with E-state index >= 15 is 0 Å². The molecule has 0 aromatic carbocycles. The largest absolute Gasteiger partial charge is 0.465 e. The normalized spacial score (nSPS) is 18.7. The topological polar surface area (TPSA) is 42.2 Å². The van der Waals surface area contributed by atoms with Crippen molar-refractivity contribution in [2.45, 2.75) is 0 Å². The molecule has 1 aliphatic heterocycles. The average molecular weight is 263 g/mol. The fourth-order valence-corrected chi connectivity index (χ4v) is 2.18. The molecule has 1 aromatic rings. The monoisotopic (exact) mass is 263 g/mol. The predicted molar refractivity (Wildman–Crippen MR) is 73.3 cm³/mol. The van der Waals surface area contributed by atoms with Gasteiger partial charge in [-0.25, -0.2) is 0 Å². The molecule has 1 aliphatic rings. The lowest BCUT2D eigenvalue weighted by Gasteiger charge is -1.85. The van der Waals surface area contributed by atoms with Crippen LogP contribution in [0.5, 0.6) is 0 Å². The van der Waals surface area contributed by atoms with E-state index in [0.29, 0.717) is 9.23 Å². The van der Waals surface area contributed by atoms with E-state index in [0.717, 1.165) is 5.76 Å².